The van der Waals surface area contributed by atoms with Crippen molar-refractivity contribution in [2.24, 2.45) is 5.92 Å². The summed E-state index contributed by atoms with van der Waals surface area (Å²) in [5.41, 5.74) is 0.726. The number of nitrogens with one attached hydrogen (secondary N) is 2. The summed E-state index contributed by atoms with van der Waals surface area (Å²) in [7, 11) is 0. The van der Waals surface area contributed by atoms with Gasteiger partial charge in [0.25, 0.3) is 0 Å². The molecular formula is C11H12ClN3O. The minimum atomic E-state index is 0.0629. The molecule has 2 heterocycles. The molecule has 2 atom stereocenters. The number of halogens is 1. The Labute approximate surface area is 98.4 Å². The molecule has 16 heavy (non-hydrogen) atoms. The largest absolute Gasteiger partial charge is 0.365 e. The quantitative estimate of drug-likeness (QED) is 0.681. The third-order valence-corrected chi connectivity index (χ3v) is 3.50. The molecule has 1 saturated carbocycles. The molecule has 4 nitrogen and oxygen atoms in total. The minimum absolute atomic E-state index is 0.0629. The molecular weight excluding hydrogens is 226 g/mol. The van der Waals surface area contributed by atoms with Crippen LogP contribution in [0.4, 0.5) is 11.5 Å². The van der Waals surface area contributed by atoms with Gasteiger partial charge in [0, 0.05) is 6.04 Å². The summed E-state index contributed by atoms with van der Waals surface area (Å²) in [6.07, 6.45) is 3.06. The number of carbonyl (C=O) groups excluding carboxylic acids is 1. The van der Waals surface area contributed by atoms with Gasteiger partial charge in [0.15, 0.2) is 5.82 Å². The fourth-order valence-electron chi connectivity index (χ4n) is 2.49. The van der Waals surface area contributed by atoms with Crippen LogP contribution in [0.1, 0.15) is 19.3 Å². The van der Waals surface area contributed by atoms with Crippen molar-refractivity contribution in [3.63, 3.8) is 0 Å². The molecule has 0 saturated heterocycles. The third-order valence-electron chi connectivity index (χ3n) is 3.29. The van der Waals surface area contributed by atoms with E-state index in [1.54, 1.807) is 12.1 Å². The van der Waals surface area contributed by atoms with E-state index in [9.17, 15) is 4.79 Å². The number of hydrogen-bond acceptors (Lipinski definition) is 3. The van der Waals surface area contributed by atoms with Crippen molar-refractivity contribution in [3.05, 3.63) is 17.3 Å². The lowest BCUT2D eigenvalue weighted by molar-refractivity contribution is -0.119. The van der Waals surface area contributed by atoms with Gasteiger partial charge in [0.05, 0.1) is 11.6 Å². The molecule has 2 N–H and O–H groups in total. The van der Waals surface area contributed by atoms with Gasteiger partial charge in [0.1, 0.15) is 5.15 Å². The first-order valence-corrected chi connectivity index (χ1v) is 5.86. The molecule has 1 aliphatic heterocycles. The van der Waals surface area contributed by atoms with Gasteiger partial charge < -0.3 is 10.6 Å². The van der Waals surface area contributed by atoms with Gasteiger partial charge in [0.2, 0.25) is 5.91 Å². The zero-order valence-corrected chi connectivity index (χ0v) is 9.42. The SMILES string of the molecule is O=C1Nc2ccc(Cl)nc2NC2CCCC12. The van der Waals surface area contributed by atoms with Crippen LogP contribution in [0.15, 0.2) is 12.1 Å². The van der Waals surface area contributed by atoms with Crippen molar-refractivity contribution in [2.45, 2.75) is 25.3 Å². The predicted molar refractivity (Wildman–Crippen MR) is 62.6 cm³/mol. The summed E-state index contributed by atoms with van der Waals surface area (Å²) in [6.45, 7) is 0. The summed E-state index contributed by atoms with van der Waals surface area (Å²) < 4.78 is 0. The lowest BCUT2D eigenvalue weighted by atomic mass is 10.0. The molecule has 1 aromatic rings. The minimum Gasteiger partial charge on any atom is -0.365 e. The van der Waals surface area contributed by atoms with Gasteiger partial charge in [-0.1, -0.05) is 18.0 Å². The van der Waals surface area contributed by atoms with Crippen LogP contribution < -0.4 is 10.6 Å². The van der Waals surface area contributed by atoms with Gasteiger partial charge in [-0.05, 0) is 25.0 Å². The van der Waals surface area contributed by atoms with Crippen LogP contribution in [0.5, 0.6) is 0 Å². The van der Waals surface area contributed by atoms with Crippen molar-refractivity contribution in [2.75, 3.05) is 10.6 Å². The summed E-state index contributed by atoms with van der Waals surface area (Å²) in [5, 5.41) is 6.65. The Morgan fingerprint density at radius 2 is 2.25 bits per heavy atom. The number of rotatable bonds is 0. The Kier molecular flexibility index (Phi) is 2.24. The molecule has 0 spiro atoms. The van der Waals surface area contributed by atoms with Gasteiger partial charge >= 0.3 is 0 Å². The number of fused-ring (bicyclic) bond motifs is 2. The molecule has 0 bridgehead atoms. The predicted octanol–water partition coefficient (Wildman–Crippen LogP) is 2.27. The van der Waals surface area contributed by atoms with E-state index in [1.807, 2.05) is 0 Å². The van der Waals surface area contributed by atoms with Crippen LogP contribution >= 0.6 is 11.6 Å². The average molecular weight is 238 g/mol. The maximum absolute atomic E-state index is 11.9. The van der Waals surface area contributed by atoms with Crippen molar-refractivity contribution in [1.82, 2.24) is 4.98 Å². The van der Waals surface area contributed by atoms with E-state index in [-0.39, 0.29) is 17.9 Å². The third kappa shape index (κ3) is 1.53. The Morgan fingerprint density at radius 1 is 1.38 bits per heavy atom. The lowest BCUT2D eigenvalue weighted by Crippen LogP contribution is -2.30. The first-order valence-electron chi connectivity index (χ1n) is 5.48. The molecule has 1 amide bonds. The van der Waals surface area contributed by atoms with Crippen LogP contribution in [-0.2, 0) is 4.79 Å². The molecule has 3 rings (SSSR count). The topological polar surface area (TPSA) is 54.0 Å². The van der Waals surface area contributed by atoms with E-state index in [4.69, 9.17) is 11.6 Å². The number of aromatic nitrogens is 1. The highest BCUT2D eigenvalue weighted by atomic mass is 35.5. The van der Waals surface area contributed by atoms with Crippen LogP contribution in [-0.4, -0.2) is 16.9 Å². The molecule has 2 unspecified atom stereocenters. The number of hydrogen-bond donors (Lipinski definition) is 2. The van der Waals surface area contributed by atoms with Crippen LogP contribution in [0, 0.1) is 5.92 Å². The van der Waals surface area contributed by atoms with Crippen LogP contribution in [0.25, 0.3) is 0 Å². The summed E-state index contributed by atoms with van der Waals surface area (Å²) in [6, 6.07) is 3.67. The van der Waals surface area contributed by atoms with E-state index in [1.165, 1.54) is 0 Å². The van der Waals surface area contributed by atoms with Gasteiger partial charge in [-0.2, -0.15) is 0 Å². The number of anilines is 2. The van der Waals surface area contributed by atoms with E-state index in [0.29, 0.717) is 11.0 Å². The monoisotopic (exact) mass is 237 g/mol. The second kappa shape index (κ2) is 3.63. The fourth-order valence-corrected chi connectivity index (χ4v) is 2.64. The molecule has 1 aliphatic carbocycles. The Hall–Kier alpha value is -1.29. The van der Waals surface area contributed by atoms with Gasteiger partial charge in [-0.3, -0.25) is 4.79 Å². The van der Waals surface area contributed by atoms with E-state index in [2.05, 4.69) is 15.6 Å². The second-order valence-electron chi connectivity index (χ2n) is 4.31. The van der Waals surface area contributed by atoms with Gasteiger partial charge in [-0.15, -0.1) is 0 Å². The van der Waals surface area contributed by atoms with Crippen molar-refractivity contribution in [1.29, 1.82) is 0 Å². The molecule has 0 radical (unpaired) electrons. The van der Waals surface area contributed by atoms with Gasteiger partial charge in [-0.25, -0.2) is 4.98 Å². The maximum Gasteiger partial charge on any atom is 0.229 e. The molecule has 1 fully saturated rings. The van der Waals surface area contributed by atoms with E-state index in [0.717, 1.165) is 24.9 Å². The normalized spacial score (nSPS) is 27.4. The zero-order chi connectivity index (χ0) is 11.1. The molecule has 84 valence electrons. The number of carbonyl (C=O) groups is 1. The van der Waals surface area contributed by atoms with Crippen LogP contribution in [0.3, 0.4) is 0 Å². The number of amides is 1. The highest BCUT2D eigenvalue weighted by molar-refractivity contribution is 6.29. The highest BCUT2D eigenvalue weighted by Gasteiger charge is 2.36. The molecule has 0 aromatic carbocycles. The van der Waals surface area contributed by atoms with Crippen molar-refractivity contribution >= 4 is 29.0 Å². The van der Waals surface area contributed by atoms with Crippen molar-refractivity contribution in [3.8, 4) is 0 Å². The smallest absolute Gasteiger partial charge is 0.229 e. The zero-order valence-electron chi connectivity index (χ0n) is 8.66. The first kappa shape index (κ1) is 9.90. The average Bonchev–Trinajstić information content (AvgIpc) is 2.65. The van der Waals surface area contributed by atoms with Crippen molar-refractivity contribution < 1.29 is 4.79 Å². The maximum atomic E-state index is 11.9. The lowest BCUT2D eigenvalue weighted by Gasteiger charge is -2.15. The number of nitrogens with zero attached hydrogens (tertiary/aromatic N) is 1. The standard InChI is InChI=1S/C11H12ClN3O/c12-9-5-4-8-10(15-9)13-7-3-1-2-6(7)11(16)14-8/h4-7H,1-3H2,(H,13,15)(H,14,16). The molecule has 2 aliphatic rings. The Morgan fingerprint density at radius 3 is 3.12 bits per heavy atom. The Bertz CT molecular complexity index is 449. The summed E-state index contributed by atoms with van der Waals surface area (Å²) in [4.78, 5) is 16.1. The fraction of sp³-hybridized carbons (Fsp3) is 0.455. The van der Waals surface area contributed by atoms with Crippen LogP contribution in [0.2, 0.25) is 5.15 Å². The second-order valence-corrected chi connectivity index (χ2v) is 4.69. The molecule has 1 aromatic heterocycles. The summed E-state index contributed by atoms with van der Waals surface area (Å²) in [5.74, 6) is 0.848. The van der Waals surface area contributed by atoms with E-state index >= 15 is 0 Å². The Balaban J connectivity index is 2.01. The highest BCUT2D eigenvalue weighted by Crippen LogP contribution is 2.35. The number of pyridine rings is 1. The van der Waals surface area contributed by atoms with E-state index < -0.39 is 0 Å². The first-order chi connectivity index (χ1) is 7.74. The molecule has 5 heteroatoms. The summed E-state index contributed by atoms with van der Waals surface area (Å²) >= 11 is 5.85.